The van der Waals surface area contributed by atoms with E-state index in [2.05, 4.69) is 108 Å². The number of allylic oxidation sites excluding steroid dienone is 2. The molecule has 3 aliphatic carbocycles. The molecule has 0 N–H and O–H groups in total. The molecular weight excluding hydrogens is 611 g/mol. The third-order valence-corrected chi connectivity index (χ3v) is 27.6. The van der Waals surface area contributed by atoms with Crippen LogP contribution in [0.5, 0.6) is 0 Å². The normalized spacial score (nSPS) is 21.0. The van der Waals surface area contributed by atoms with Gasteiger partial charge in [-0.3, -0.25) is 0 Å². The molecule has 0 radical (unpaired) electrons. The van der Waals surface area contributed by atoms with Gasteiger partial charge in [-0.1, -0.05) is 0 Å². The summed E-state index contributed by atoms with van der Waals surface area (Å²) in [6.07, 6.45) is 12.2. The maximum atomic E-state index is 2.82. The van der Waals surface area contributed by atoms with E-state index in [9.17, 15) is 0 Å². The average Bonchev–Trinajstić information content (AvgIpc) is 3.48. The van der Waals surface area contributed by atoms with Gasteiger partial charge >= 0.3 is 226 Å². The molecule has 4 aromatic carbocycles. The average molecular weight is 651 g/mol. The summed E-state index contributed by atoms with van der Waals surface area (Å²) in [6.45, 7) is 4.95. The smallest absolute Gasteiger partial charge is 0.147 e. The number of hydrogen-bond donors (Lipinski definition) is 0. The largest absolute Gasteiger partial charge is 0.147 e. The number of benzene rings is 4. The fourth-order valence-corrected chi connectivity index (χ4v) is 28.8. The van der Waals surface area contributed by atoms with Crippen molar-refractivity contribution >= 4 is 65.4 Å². The fraction of sp³-hybridized carbons (Fsp3) is 0.314. The second-order valence-corrected chi connectivity index (χ2v) is 43.7. The standard InChI is InChI=1S/C19H19.C14H11.2CH3.2ClH.H2Si.Zr/c1-2-6-14(7-3-1)17-12-16-11-10-15-8-4-5-9-18(15)19(16)13-17;1-10-8-12-7-6-11-4-2-3-5-13(11)14(12)9-10;;;;;;/h4-5,8-14H,1-3,6-7H2;2-9H,1H3;2*1H3;2*1H;1H2;. The molecule has 39 heavy (non-hydrogen) atoms. The van der Waals surface area contributed by atoms with Crippen molar-refractivity contribution in [2.45, 2.75) is 55.5 Å². The summed E-state index contributed by atoms with van der Waals surface area (Å²) in [5, 5.41) is 5.78. The van der Waals surface area contributed by atoms with Crippen LogP contribution in [0.2, 0.25) is 9.26 Å². The van der Waals surface area contributed by atoms with Gasteiger partial charge in [-0.05, 0) is 0 Å². The Balaban J connectivity index is 0.00000154. The topological polar surface area (TPSA) is 0 Å². The number of rotatable bonds is 3. The van der Waals surface area contributed by atoms with Gasteiger partial charge in [0.1, 0.15) is 0 Å². The zero-order chi connectivity index (χ0) is 25.4. The van der Waals surface area contributed by atoms with Crippen LogP contribution in [0.15, 0.2) is 83.9 Å². The Bertz CT molecular complexity index is 1720. The number of halogens is 2. The van der Waals surface area contributed by atoms with Crippen LogP contribution < -0.4 is 0 Å². The van der Waals surface area contributed by atoms with Gasteiger partial charge in [-0.15, -0.1) is 24.8 Å². The fourth-order valence-electron chi connectivity index (χ4n) is 8.71. The Morgan fingerprint density at radius 1 is 0.641 bits per heavy atom. The van der Waals surface area contributed by atoms with Crippen LogP contribution in [0.3, 0.4) is 0 Å². The first-order chi connectivity index (χ1) is 17.8. The first kappa shape index (κ1) is 29.1. The molecule has 0 heterocycles. The first-order valence-corrected chi connectivity index (χ1v) is 28.0. The summed E-state index contributed by atoms with van der Waals surface area (Å²) in [7, 11) is 0. The van der Waals surface area contributed by atoms with Crippen molar-refractivity contribution in [2.75, 3.05) is 0 Å². The van der Waals surface area contributed by atoms with E-state index in [-0.39, 0.29) is 24.8 Å². The molecule has 0 aliphatic heterocycles. The predicted molar refractivity (Wildman–Crippen MR) is 176 cm³/mol. The second-order valence-electron chi connectivity index (χ2n) is 13.2. The van der Waals surface area contributed by atoms with Crippen LogP contribution in [0, 0.1) is 5.92 Å². The van der Waals surface area contributed by atoms with Crippen LogP contribution in [-0.4, -0.2) is 6.88 Å². The van der Waals surface area contributed by atoms with Gasteiger partial charge in [0.15, 0.2) is 0 Å². The van der Waals surface area contributed by atoms with Crippen LogP contribution in [0.25, 0.3) is 33.7 Å². The molecule has 0 bridgehead atoms. The van der Waals surface area contributed by atoms with Crippen molar-refractivity contribution in [1.29, 1.82) is 0 Å². The molecule has 0 spiro atoms. The van der Waals surface area contributed by atoms with E-state index < -0.39 is 17.4 Å². The Morgan fingerprint density at radius 2 is 1.15 bits per heavy atom. The van der Waals surface area contributed by atoms with Gasteiger partial charge in [0.05, 0.1) is 0 Å². The van der Waals surface area contributed by atoms with Crippen LogP contribution >= 0.6 is 24.8 Å². The molecule has 0 nitrogen and oxygen atoms in total. The minimum atomic E-state index is -3.61. The Morgan fingerprint density at radius 3 is 1.74 bits per heavy atom. The minimum Gasteiger partial charge on any atom is -0.147 e. The van der Waals surface area contributed by atoms with E-state index in [1.165, 1.54) is 64.8 Å². The molecule has 4 heteroatoms. The Hall–Kier alpha value is -1.44. The Labute approximate surface area is 248 Å². The summed E-state index contributed by atoms with van der Waals surface area (Å²) < 4.78 is 6.80. The summed E-state index contributed by atoms with van der Waals surface area (Å²) in [5.74, 6) is 0.750. The van der Waals surface area contributed by atoms with Crippen molar-refractivity contribution in [1.82, 2.24) is 0 Å². The zero-order valence-electron chi connectivity index (χ0n) is 23.4. The molecule has 0 amide bonds. The van der Waals surface area contributed by atoms with Gasteiger partial charge in [-0.25, -0.2) is 0 Å². The number of fused-ring (bicyclic) bond motifs is 6. The van der Waals surface area contributed by atoms with Crippen molar-refractivity contribution in [3.63, 3.8) is 0 Å². The van der Waals surface area contributed by atoms with Crippen molar-refractivity contribution in [2.24, 2.45) is 5.92 Å². The first-order valence-electron chi connectivity index (χ1n) is 14.3. The van der Waals surface area contributed by atoms with Gasteiger partial charge in [0, 0.05) is 0 Å². The molecule has 2 unspecified atom stereocenters. The molecular formula is C35H40Cl2SiZr. The van der Waals surface area contributed by atoms with Gasteiger partial charge in [-0.2, -0.15) is 0 Å². The molecule has 1 saturated carbocycles. The zero-order valence-corrected chi connectivity index (χ0v) is 28.9. The van der Waals surface area contributed by atoms with Gasteiger partial charge in [0.2, 0.25) is 0 Å². The van der Waals surface area contributed by atoms with E-state index in [0.29, 0.717) is 7.25 Å². The molecule has 4 aromatic rings. The molecule has 2 atom stereocenters. The van der Waals surface area contributed by atoms with E-state index >= 15 is 0 Å². The second kappa shape index (κ2) is 10.4. The molecule has 7 rings (SSSR count). The molecule has 0 aromatic heterocycles. The quantitative estimate of drug-likeness (QED) is 0.194. The molecule has 1 fully saturated rings. The van der Waals surface area contributed by atoms with Gasteiger partial charge < -0.3 is 0 Å². The molecule has 202 valence electrons. The van der Waals surface area contributed by atoms with Crippen LogP contribution in [0.1, 0.15) is 68.5 Å². The predicted octanol–water partition coefficient (Wildman–Crippen LogP) is 10.3. The maximum absolute atomic E-state index is 3.61. The molecule has 3 aliphatic rings. The minimum absolute atomic E-state index is 0. The summed E-state index contributed by atoms with van der Waals surface area (Å²) in [4.78, 5) is 0. The Kier molecular flexibility index (Phi) is 7.78. The number of hydrogen-bond acceptors (Lipinski definition) is 0. The van der Waals surface area contributed by atoms with E-state index in [4.69, 9.17) is 0 Å². The third-order valence-electron chi connectivity index (χ3n) is 10.1. The van der Waals surface area contributed by atoms with Crippen molar-refractivity contribution in [3.05, 3.63) is 106 Å². The van der Waals surface area contributed by atoms with Crippen molar-refractivity contribution < 1.29 is 17.4 Å². The summed E-state index contributed by atoms with van der Waals surface area (Å²) in [6, 6.07) is 27.9. The van der Waals surface area contributed by atoms with E-state index in [0.717, 1.165) is 5.92 Å². The van der Waals surface area contributed by atoms with E-state index in [1.54, 1.807) is 22.3 Å². The van der Waals surface area contributed by atoms with Crippen molar-refractivity contribution in [3.8, 4) is 0 Å². The summed E-state index contributed by atoms with van der Waals surface area (Å²) >= 11 is -3.61. The molecule has 0 saturated heterocycles. The maximum Gasteiger partial charge on any atom is -0.147 e. The van der Waals surface area contributed by atoms with Crippen LogP contribution in [0.4, 0.5) is 0 Å². The van der Waals surface area contributed by atoms with Crippen LogP contribution in [-0.2, 0) is 17.4 Å². The van der Waals surface area contributed by atoms with E-state index in [1.807, 2.05) is 0 Å². The SMILES string of the molecule is CC1=Cc2ccc3ccccc3c2[CH]1[Zr]([CH3])([CH3])(=[SiH2])[CH]1C(C2CCCCC2)=Cc2ccc3ccccc3c21.Cl.Cl. The third kappa shape index (κ3) is 4.50. The van der Waals surface area contributed by atoms with Gasteiger partial charge in [0.25, 0.3) is 0 Å². The monoisotopic (exact) mass is 648 g/mol. The summed E-state index contributed by atoms with van der Waals surface area (Å²) in [5.41, 5.74) is 9.70.